The molecule has 1 saturated heterocycles. The Hall–Kier alpha value is -1.14. The summed E-state index contributed by atoms with van der Waals surface area (Å²) in [7, 11) is 0. The quantitative estimate of drug-likeness (QED) is 0.844. The summed E-state index contributed by atoms with van der Waals surface area (Å²) < 4.78 is 50.5. The Morgan fingerprint density at radius 1 is 1.22 bits per heavy atom. The van der Waals surface area contributed by atoms with Crippen LogP contribution in [0, 0.1) is 11.6 Å². The van der Waals surface area contributed by atoms with E-state index in [2.05, 4.69) is 0 Å². The van der Waals surface area contributed by atoms with Crippen LogP contribution in [-0.4, -0.2) is 37.0 Å². The molecule has 0 bridgehead atoms. The average Bonchev–Trinajstić information content (AvgIpc) is 2.62. The maximum absolute atomic E-state index is 13.1. The van der Waals surface area contributed by atoms with Crippen molar-refractivity contribution in [1.82, 2.24) is 4.90 Å². The lowest BCUT2D eigenvalue weighted by Crippen LogP contribution is -2.30. The molecule has 100 valence electrons. The van der Waals surface area contributed by atoms with Crippen molar-refractivity contribution in [3.63, 3.8) is 0 Å². The van der Waals surface area contributed by atoms with Crippen molar-refractivity contribution >= 4 is 0 Å². The molecule has 0 spiro atoms. The number of alkyl halides is 2. The molecule has 18 heavy (non-hydrogen) atoms. The fourth-order valence-corrected chi connectivity index (χ4v) is 2.35. The summed E-state index contributed by atoms with van der Waals surface area (Å²) in [5.74, 6) is -2.10. The van der Waals surface area contributed by atoms with Gasteiger partial charge in [-0.25, -0.2) is 17.6 Å². The van der Waals surface area contributed by atoms with E-state index >= 15 is 0 Å². The molecular formula is C12H14F4N2. The average molecular weight is 262 g/mol. The van der Waals surface area contributed by atoms with Gasteiger partial charge in [0, 0.05) is 25.0 Å². The largest absolute Gasteiger partial charge is 0.326 e. The summed E-state index contributed by atoms with van der Waals surface area (Å²) in [4.78, 5) is 1.54. The minimum Gasteiger partial charge on any atom is -0.326 e. The summed E-state index contributed by atoms with van der Waals surface area (Å²) >= 11 is 0. The van der Waals surface area contributed by atoms with Crippen molar-refractivity contribution in [3.8, 4) is 0 Å². The summed E-state index contributed by atoms with van der Waals surface area (Å²) in [5.41, 5.74) is 6.42. The van der Waals surface area contributed by atoms with Crippen molar-refractivity contribution in [2.45, 2.75) is 18.4 Å². The number of hydrogen-bond donors (Lipinski definition) is 1. The van der Waals surface area contributed by atoms with E-state index < -0.39 is 18.1 Å². The Balaban J connectivity index is 2.11. The van der Waals surface area contributed by atoms with E-state index in [9.17, 15) is 17.6 Å². The highest BCUT2D eigenvalue weighted by Gasteiger charge is 2.32. The second-order valence-corrected chi connectivity index (χ2v) is 4.55. The van der Waals surface area contributed by atoms with E-state index in [1.54, 1.807) is 4.90 Å². The van der Waals surface area contributed by atoms with E-state index in [1.807, 2.05) is 0 Å². The van der Waals surface area contributed by atoms with Crippen molar-refractivity contribution < 1.29 is 17.6 Å². The molecule has 1 fully saturated rings. The van der Waals surface area contributed by atoms with Crippen LogP contribution in [0.2, 0.25) is 0 Å². The minimum atomic E-state index is -2.42. The Bertz CT molecular complexity index is 425. The highest BCUT2D eigenvalue weighted by Crippen LogP contribution is 2.27. The van der Waals surface area contributed by atoms with E-state index in [-0.39, 0.29) is 18.5 Å². The zero-order valence-corrected chi connectivity index (χ0v) is 9.62. The molecule has 2 atom stereocenters. The highest BCUT2D eigenvalue weighted by molar-refractivity contribution is 5.25. The van der Waals surface area contributed by atoms with Crippen LogP contribution in [0.3, 0.4) is 0 Å². The Kier molecular flexibility index (Phi) is 3.87. The molecule has 0 unspecified atom stereocenters. The maximum atomic E-state index is 13.1. The third kappa shape index (κ3) is 2.81. The first kappa shape index (κ1) is 13.3. The number of halogens is 4. The maximum Gasteiger partial charge on any atom is 0.251 e. The molecule has 2 rings (SSSR count). The molecule has 0 aliphatic carbocycles. The first-order valence-electron chi connectivity index (χ1n) is 5.68. The lowest BCUT2D eigenvalue weighted by Gasteiger charge is -2.15. The summed E-state index contributed by atoms with van der Waals surface area (Å²) in [6, 6.07) is 3.24. The van der Waals surface area contributed by atoms with Gasteiger partial charge < -0.3 is 5.73 Å². The number of hydrogen-bond acceptors (Lipinski definition) is 2. The number of rotatable bonds is 3. The first-order valence-corrected chi connectivity index (χ1v) is 5.68. The van der Waals surface area contributed by atoms with Crippen LogP contribution in [0.25, 0.3) is 0 Å². The second-order valence-electron chi connectivity index (χ2n) is 4.55. The van der Waals surface area contributed by atoms with E-state index in [0.29, 0.717) is 18.7 Å². The molecule has 2 N–H and O–H groups in total. The van der Waals surface area contributed by atoms with Gasteiger partial charge in [-0.3, -0.25) is 4.90 Å². The second kappa shape index (κ2) is 5.24. The van der Waals surface area contributed by atoms with Crippen molar-refractivity contribution in [1.29, 1.82) is 0 Å². The molecule has 1 aliphatic heterocycles. The lowest BCUT2D eigenvalue weighted by atomic mass is 9.95. The highest BCUT2D eigenvalue weighted by atomic mass is 19.3. The zero-order chi connectivity index (χ0) is 13.3. The van der Waals surface area contributed by atoms with Gasteiger partial charge >= 0.3 is 0 Å². The van der Waals surface area contributed by atoms with Crippen LogP contribution < -0.4 is 5.73 Å². The molecule has 1 heterocycles. The summed E-state index contributed by atoms with van der Waals surface area (Å²) in [5, 5.41) is 0. The number of nitrogens with zero attached hydrogens (tertiary/aromatic N) is 1. The smallest absolute Gasteiger partial charge is 0.251 e. The molecular weight excluding hydrogens is 248 g/mol. The molecule has 1 aromatic carbocycles. The van der Waals surface area contributed by atoms with Crippen LogP contribution in [-0.2, 0) is 0 Å². The predicted octanol–water partition coefficient (Wildman–Crippen LogP) is 1.96. The molecule has 0 aromatic heterocycles. The van der Waals surface area contributed by atoms with Crippen LogP contribution in [0.5, 0.6) is 0 Å². The Morgan fingerprint density at radius 3 is 2.56 bits per heavy atom. The molecule has 1 aromatic rings. The fraction of sp³-hybridized carbons (Fsp3) is 0.500. The SMILES string of the molecule is N[C@@H]1CN(CC(F)F)C[C@H]1c1ccc(F)c(F)c1. The van der Waals surface area contributed by atoms with E-state index in [1.165, 1.54) is 6.07 Å². The van der Waals surface area contributed by atoms with E-state index in [0.717, 1.165) is 12.1 Å². The third-order valence-corrected chi connectivity index (χ3v) is 3.21. The van der Waals surface area contributed by atoms with Crippen molar-refractivity contribution in [3.05, 3.63) is 35.4 Å². The van der Waals surface area contributed by atoms with Gasteiger partial charge in [0.25, 0.3) is 6.43 Å². The van der Waals surface area contributed by atoms with Gasteiger partial charge in [-0.05, 0) is 17.7 Å². The van der Waals surface area contributed by atoms with Crippen LogP contribution in [0.1, 0.15) is 11.5 Å². The minimum absolute atomic E-state index is 0.237. The number of benzene rings is 1. The van der Waals surface area contributed by atoms with E-state index in [4.69, 9.17) is 5.73 Å². The Morgan fingerprint density at radius 2 is 1.94 bits per heavy atom. The normalized spacial score (nSPS) is 25.0. The third-order valence-electron chi connectivity index (χ3n) is 3.21. The standard InChI is InChI=1S/C12H14F4N2/c13-9-2-1-7(3-10(9)14)8-4-18(5-11(8)17)6-12(15)16/h1-3,8,11-12H,4-6,17H2/t8-,11+/m0/s1. The van der Waals surface area contributed by atoms with Gasteiger partial charge in [0.05, 0.1) is 6.54 Å². The molecule has 2 nitrogen and oxygen atoms in total. The zero-order valence-electron chi connectivity index (χ0n) is 9.62. The van der Waals surface area contributed by atoms with Gasteiger partial charge in [0.15, 0.2) is 11.6 Å². The number of likely N-dealkylation sites (tertiary alicyclic amines) is 1. The Labute approximate surface area is 102 Å². The van der Waals surface area contributed by atoms with Crippen molar-refractivity contribution in [2.75, 3.05) is 19.6 Å². The monoisotopic (exact) mass is 262 g/mol. The lowest BCUT2D eigenvalue weighted by molar-refractivity contribution is 0.0986. The van der Waals surface area contributed by atoms with Crippen LogP contribution in [0.4, 0.5) is 17.6 Å². The van der Waals surface area contributed by atoms with Gasteiger partial charge in [0.1, 0.15) is 0 Å². The van der Waals surface area contributed by atoms with Crippen LogP contribution in [0.15, 0.2) is 18.2 Å². The van der Waals surface area contributed by atoms with Gasteiger partial charge in [0.2, 0.25) is 0 Å². The molecule has 0 amide bonds. The topological polar surface area (TPSA) is 29.3 Å². The summed E-state index contributed by atoms with van der Waals surface area (Å²) in [6.07, 6.45) is -2.42. The summed E-state index contributed by atoms with van der Waals surface area (Å²) in [6.45, 7) is 0.346. The molecule has 0 saturated carbocycles. The molecule has 1 aliphatic rings. The van der Waals surface area contributed by atoms with Gasteiger partial charge in [-0.15, -0.1) is 0 Å². The predicted molar refractivity (Wildman–Crippen MR) is 59.5 cm³/mol. The van der Waals surface area contributed by atoms with Gasteiger partial charge in [-0.2, -0.15) is 0 Å². The first-order chi connectivity index (χ1) is 8.47. The fourth-order valence-electron chi connectivity index (χ4n) is 2.35. The molecule has 6 heteroatoms. The molecule has 0 radical (unpaired) electrons. The van der Waals surface area contributed by atoms with Crippen LogP contribution >= 0.6 is 0 Å². The van der Waals surface area contributed by atoms with Gasteiger partial charge in [-0.1, -0.05) is 6.07 Å². The number of nitrogens with two attached hydrogens (primary N) is 1. The van der Waals surface area contributed by atoms with Crippen molar-refractivity contribution in [2.24, 2.45) is 5.73 Å².